The molecule has 7 atom stereocenters. The van der Waals surface area contributed by atoms with Gasteiger partial charge >= 0.3 is 0 Å². The number of aromatic hydroxyl groups is 4. The normalized spacial score (nSPS) is 21.3. The number of fused-ring (bicyclic) bond motifs is 3. The largest absolute Gasteiger partial charge is 0.507 e. The lowest BCUT2D eigenvalue weighted by molar-refractivity contribution is -0.249. The predicted molar refractivity (Wildman–Crippen MR) is 260 cm³/mol. The van der Waals surface area contributed by atoms with Crippen LogP contribution in [0.25, 0.3) is 17.1 Å². The topological polar surface area (TPSA) is 339 Å². The number of amides is 2. The Hall–Kier alpha value is -8.25. The average molecular weight is 1030 g/mol. The molecule has 22 heteroatoms. The highest BCUT2D eigenvalue weighted by atomic mass is 16.7. The van der Waals surface area contributed by atoms with E-state index in [0.717, 1.165) is 6.07 Å². The maximum Gasteiger partial charge on any atom is 0.289 e. The van der Waals surface area contributed by atoms with Gasteiger partial charge in [-0.2, -0.15) is 0 Å². The van der Waals surface area contributed by atoms with E-state index in [2.05, 4.69) is 20.8 Å². The lowest BCUT2D eigenvalue weighted by atomic mass is 9.72. The van der Waals surface area contributed by atoms with Crippen molar-refractivity contribution in [2.24, 2.45) is 0 Å². The summed E-state index contributed by atoms with van der Waals surface area (Å²) in [6.07, 6.45) is -7.75. The van der Waals surface area contributed by atoms with Crippen LogP contribution >= 0.6 is 0 Å². The molecule has 1 aromatic heterocycles. The van der Waals surface area contributed by atoms with Gasteiger partial charge in [0.2, 0.25) is 11.6 Å². The van der Waals surface area contributed by atoms with Crippen molar-refractivity contribution in [1.29, 1.82) is 0 Å². The van der Waals surface area contributed by atoms with Crippen LogP contribution < -0.4 is 20.1 Å². The van der Waals surface area contributed by atoms with Gasteiger partial charge in [-0.05, 0) is 81.4 Å². The van der Waals surface area contributed by atoms with Crippen LogP contribution in [0.4, 0.5) is 0 Å². The number of hydrogen-bond donors (Lipinski definition) is 10. The molecule has 3 aliphatic rings. The maximum absolute atomic E-state index is 14.1. The van der Waals surface area contributed by atoms with Crippen LogP contribution in [0.15, 0.2) is 78.9 Å². The van der Waals surface area contributed by atoms with Crippen molar-refractivity contribution >= 4 is 29.2 Å². The molecule has 0 spiro atoms. The van der Waals surface area contributed by atoms with Gasteiger partial charge < -0.3 is 70.4 Å². The predicted octanol–water partition coefficient (Wildman–Crippen LogP) is 3.73. The lowest BCUT2D eigenvalue weighted by Crippen LogP contribution is -2.55. The minimum absolute atomic E-state index is 0.0355. The Morgan fingerprint density at radius 2 is 1.56 bits per heavy atom. The second kappa shape index (κ2) is 20.2. The molecule has 75 heavy (non-hydrogen) atoms. The monoisotopic (exact) mass is 1030 g/mol. The molecule has 2 aliphatic carbocycles. The van der Waals surface area contributed by atoms with E-state index in [1.54, 1.807) is 31.2 Å². The van der Waals surface area contributed by atoms with Gasteiger partial charge in [-0.15, -0.1) is 10.2 Å². The van der Waals surface area contributed by atoms with E-state index in [0.29, 0.717) is 17.2 Å². The summed E-state index contributed by atoms with van der Waals surface area (Å²) in [5.41, 5.74) is -3.55. The second-order valence-corrected chi connectivity index (χ2v) is 18.3. The molecule has 0 radical (unpaired) electrons. The molecule has 9 rings (SSSR count). The lowest BCUT2D eigenvalue weighted by Gasteiger charge is -2.43. The van der Waals surface area contributed by atoms with Crippen molar-refractivity contribution < 1.29 is 83.8 Å². The SMILES string of the molecule is CCNC(=O)c1nnc(-c2cc(C(C)O)c(O)cc2O)n1-c1ccc(Oc2ccc(C(=O)NC3CC(OC4C[C@](O)(C(=O)CO)Cc5c(O)c6c(c(O)c54)C(=O)c4c(OC)cccc4C6=O)OC(C)C3O)cc2)cc1. The Morgan fingerprint density at radius 3 is 2.21 bits per heavy atom. The Morgan fingerprint density at radius 1 is 0.880 bits per heavy atom. The van der Waals surface area contributed by atoms with Crippen molar-refractivity contribution in [3.05, 3.63) is 129 Å². The fourth-order valence-electron chi connectivity index (χ4n) is 9.78. The number of rotatable bonds is 14. The summed E-state index contributed by atoms with van der Waals surface area (Å²) >= 11 is 0. The molecule has 390 valence electrons. The van der Waals surface area contributed by atoms with Gasteiger partial charge in [0, 0.05) is 65.4 Å². The first-order valence-corrected chi connectivity index (χ1v) is 23.7. The zero-order valence-electron chi connectivity index (χ0n) is 40.6. The molecule has 0 bridgehead atoms. The number of phenols is 4. The maximum atomic E-state index is 14.1. The van der Waals surface area contributed by atoms with Crippen LogP contribution in [0, 0.1) is 0 Å². The minimum Gasteiger partial charge on any atom is -0.507 e. The van der Waals surface area contributed by atoms with Gasteiger partial charge in [0.1, 0.15) is 58.6 Å². The first kappa shape index (κ1) is 51.6. The number of ether oxygens (including phenoxy) is 4. The summed E-state index contributed by atoms with van der Waals surface area (Å²) in [6, 6.07) is 18.1. The minimum atomic E-state index is -2.40. The summed E-state index contributed by atoms with van der Waals surface area (Å²) in [7, 11) is 1.29. The highest BCUT2D eigenvalue weighted by molar-refractivity contribution is 6.31. The van der Waals surface area contributed by atoms with E-state index in [1.807, 2.05) is 0 Å². The number of methoxy groups -OCH3 is 1. The van der Waals surface area contributed by atoms with Gasteiger partial charge in [-0.3, -0.25) is 28.5 Å². The van der Waals surface area contributed by atoms with Crippen LogP contribution in [-0.2, 0) is 20.7 Å². The number of nitrogens with one attached hydrogen (secondary N) is 2. The van der Waals surface area contributed by atoms with Crippen LogP contribution in [-0.4, -0.2) is 135 Å². The summed E-state index contributed by atoms with van der Waals surface area (Å²) in [5, 5.41) is 101. The van der Waals surface area contributed by atoms with Crippen LogP contribution in [0.3, 0.4) is 0 Å². The van der Waals surface area contributed by atoms with E-state index in [-0.39, 0.29) is 80.8 Å². The third-order valence-electron chi connectivity index (χ3n) is 13.6. The van der Waals surface area contributed by atoms with Crippen LogP contribution in [0.2, 0.25) is 0 Å². The number of carbonyl (C=O) groups is 5. The first-order chi connectivity index (χ1) is 35.8. The number of ketones is 3. The molecule has 6 aromatic rings. The number of nitrogens with zero attached hydrogens (tertiary/aromatic N) is 3. The molecule has 2 heterocycles. The molecular weight excluding hydrogens is 979 g/mol. The molecule has 6 unspecified atom stereocenters. The van der Waals surface area contributed by atoms with Gasteiger partial charge in [0.05, 0.1) is 53.7 Å². The Kier molecular flexibility index (Phi) is 13.9. The van der Waals surface area contributed by atoms with Crippen molar-refractivity contribution in [2.75, 3.05) is 20.3 Å². The molecule has 10 N–H and O–H groups in total. The highest BCUT2D eigenvalue weighted by Gasteiger charge is 2.50. The Balaban J connectivity index is 0.923. The standard InChI is InChI=1S/C53H51N5O17/c1-5-54-52(70)50-57-56-49(31-17-30(23(2)60)34(61)19-35(31)62)58(50)26-11-15-28(16-12-26)74-27-13-9-25(10-14-27)51(69)55-33-18-39(73-24(3)44(33)64)75-37-21-53(71,38(63)22-59)20-32-41(37)48(68)43-42(46(32)66)45(65)29-7-6-8-36(72-4)40(29)47(43)67/h6-17,19,23-24,33,37,39,44,59-62,64,66,68,71H,5,18,20-22H2,1-4H3,(H,54,70)(H,55,69)/t23?,24?,33?,37?,39?,44?,53-/m0/s1. The van der Waals surface area contributed by atoms with E-state index >= 15 is 0 Å². The molecule has 1 fully saturated rings. The third kappa shape index (κ3) is 9.27. The van der Waals surface area contributed by atoms with Crippen molar-refractivity contribution in [2.45, 2.75) is 82.4 Å². The number of aliphatic hydroxyl groups excluding tert-OH is 3. The quantitative estimate of drug-likeness (QED) is 0.0694. The van der Waals surface area contributed by atoms with E-state index in [4.69, 9.17) is 18.9 Å². The number of carbonyl (C=O) groups excluding carboxylic acids is 5. The molecule has 1 aliphatic heterocycles. The van der Waals surface area contributed by atoms with Crippen LogP contribution in [0.5, 0.6) is 40.2 Å². The molecule has 0 saturated carbocycles. The zero-order chi connectivity index (χ0) is 53.8. The Labute approximate surface area is 426 Å². The fourth-order valence-corrected chi connectivity index (χ4v) is 9.78. The second-order valence-electron chi connectivity index (χ2n) is 18.3. The Bertz CT molecular complexity index is 3280. The molecule has 2 amide bonds. The number of aliphatic hydroxyl groups is 4. The molecule has 5 aromatic carbocycles. The fraction of sp³-hybridized carbons (Fsp3) is 0.302. The van der Waals surface area contributed by atoms with E-state index in [9.17, 15) is 64.8 Å². The van der Waals surface area contributed by atoms with Crippen molar-refractivity contribution in [3.8, 4) is 57.3 Å². The first-order valence-electron chi connectivity index (χ1n) is 23.7. The summed E-state index contributed by atoms with van der Waals surface area (Å²) < 4.78 is 25.1. The van der Waals surface area contributed by atoms with Gasteiger partial charge in [0.15, 0.2) is 23.7 Å². The average Bonchev–Trinajstić information content (AvgIpc) is 3.83. The van der Waals surface area contributed by atoms with E-state index < -0.39 is 114 Å². The summed E-state index contributed by atoms with van der Waals surface area (Å²) in [6.45, 7) is 3.84. The van der Waals surface area contributed by atoms with Gasteiger partial charge in [-0.1, -0.05) is 12.1 Å². The summed E-state index contributed by atoms with van der Waals surface area (Å²) in [4.78, 5) is 67.9. The number of Topliss-reactive ketones (excluding diaryl/α,β-unsaturated/α-hetero) is 1. The van der Waals surface area contributed by atoms with Gasteiger partial charge in [-0.25, -0.2) is 0 Å². The molecule has 22 nitrogen and oxygen atoms in total. The van der Waals surface area contributed by atoms with Crippen LogP contribution in [0.1, 0.15) is 115 Å². The summed E-state index contributed by atoms with van der Waals surface area (Å²) in [5.74, 6) is -5.57. The highest BCUT2D eigenvalue weighted by Crippen LogP contribution is 2.53. The molecular formula is C53H51N5O17. The number of benzene rings is 5. The van der Waals surface area contributed by atoms with E-state index in [1.165, 1.54) is 74.1 Å². The van der Waals surface area contributed by atoms with Crippen molar-refractivity contribution in [1.82, 2.24) is 25.4 Å². The van der Waals surface area contributed by atoms with Gasteiger partial charge in [0.25, 0.3) is 11.8 Å². The number of aromatic nitrogens is 3. The zero-order valence-corrected chi connectivity index (χ0v) is 40.6. The third-order valence-corrected chi connectivity index (χ3v) is 13.6. The van der Waals surface area contributed by atoms with Crippen molar-refractivity contribution in [3.63, 3.8) is 0 Å². The number of hydrogen-bond acceptors (Lipinski definition) is 19. The molecule has 1 saturated heterocycles. The smallest absolute Gasteiger partial charge is 0.289 e. The number of phenolic OH excluding ortho intramolecular Hbond substituents is 4.